The molecule has 0 aliphatic heterocycles. The molecule has 0 aliphatic rings. The molecule has 0 amide bonds. The Hall–Kier alpha value is -2.33. The number of halogens is 1. The van der Waals surface area contributed by atoms with E-state index in [4.69, 9.17) is 11.6 Å². The van der Waals surface area contributed by atoms with E-state index >= 15 is 0 Å². The smallest absolute Gasteiger partial charge is 0.155 e. The lowest BCUT2D eigenvalue weighted by Crippen LogP contribution is -2.03. The molecule has 0 aliphatic carbocycles. The molecule has 1 N–H and O–H groups in total. The van der Waals surface area contributed by atoms with Crippen molar-refractivity contribution in [2.45, 2.75) is 0 Å². The van der Waals surface area contributed by atoms with Crippen molar-refractivity contribution in [1.82, 2.24) is 14.8 Å². The van der Waals surface area contributed by atoms with Gasteiger partial charge in [0, 0.05) is 29.9 Å². The van der Waals surface area contributed by atoms with Crippen LogP contribution in [-0.4, -0.2) is 21.8 Å². The molecule has 0 atom stereocenters. The quantitative estimate of drug-likeness (QED) is 0.799. The van der Waals surface area contributed by atoms with Gasteiger partial charge in [-0.3, -0.25) is 0 Å². The molecule has 4 nitrogen and oxygen atoms in total. The number of benzene rings is 1. The molecule has 3 aromatic rings. The van der Waals surface area contributed by atoms with Gasteiger partial charge >= 0.3 is 0 Å². The van der Waals surface area contributed by atoms with E-state index in [1.54, 1.807) is 10.9 Å². The Morgan fingerprint density at radius 2 is 1.90 bits per heavy atom. The zero-order valence-electron chi connectivity index (χ0n) is 10.9. The number of rotatable bonds is 3. The molecule has 0 fully saturated rings. The van der Waals surface area contributed by atoms with Gasteiger partial charge in [-0.05, 0) is 24.3 Å². The van der Waals surface area contributed by atoms with Crippen molar-refractivity contribution < 1.29 is 0 Å². The van der Waals surface area contributed by atoms with E-state index in [-0.39, 0.29) is 0 Å². The Kier molecular flexibility index (Phi) is 3.39. The summed E-state index contributed by atoms with van der Waals surface area (Å²) in [7, 11) is 1.86. The molecule has 100 valence electrons. The lowest BCUT2D eigenvalue weighted by Gasteiger charge is -2.04. The minimum absolute atomic E-state index is 0.715. The molecule has 0 radical (unpaired) electrons. The van der Waals surface area contributed by atoms with Gasteiger partial charge in [-0.2, -0.15) is 9.78 Å². The van der Waals surface area contributed by atoms with E-state index in [0.717, 1.165) is 22.9 Å². The van der Waals surface area contributed by atoms with E-state index in [1.165, 1.54) is 0 Å². The molecule has 2 aromatic heterocycles. The maximum atomic E-state index is 5.91. The number of hydrogen-bond donors (Lipinski definition) is 1. The molecule has 2 heterocycles. The van der Waals surface area contributed by atoms with Gasteiger partial charge in [0.1, 0.15) is 5.82 Å². The molecule has 0 spiro atoms. The zero-order valence-corrected chi connectivity index (χ0v) is 11.7. The van der Waals surface area contributed by atoms with E-state index in [0.29, 0.717) is 5.02 Å². The first-order chi connectivity index (χ1) is 9.78. The van der Waals surface area contributed by atoms with E-state index in [1.807, 2.05) is 55.6 Å². The van der Waals surface area contributed by atoms with Gasteiger partial charge in [0.25, 0.3) is 0 Å². The third kappa shape index (κ3) is 2.38. The number of nitrogens with zero attached hydrogens (tertiary/aromatic N) is 3. The third-order valence-corrected chi connectivity index (χ3v) is 3.22. The molecular formula is C15H13ClN4. The number of pyridine rings is 1. The van der Waals surface area contributed by atoms with E-state index in [2.05, 4.69) is 15.4 Å². The highest BCUT2D eigenvalue weighted by Gasteiger charge is 2.10. The standard InChI is InChI=1S/C15H13ClN4/c1-17-15-10-13(11-5-7-12(16)8-6-11)19-20(15)14-4-2-3-9-18-14/h2-10,17H,1H3. The Balaban J connectivity index is 2.07. The minimum Gasteiger partial charge on any atom is -0.373 e. The molecule has 0 bridgehead atoms. The monoisotopic (exact) mass is 284 g/mol. The Bertz CT molecular complexity index is 704. The summed E-state index contributed by atoms with van der Waals surface area (Å²) in [6.45, 7) is 0. The fourth-order valence-electron chi connectivity index (χ4n) is 1.97. The average molecular weight is 285 g/mol. The van der Waals surface area contributed by atoms with Crippen molar-refractivity contribution in [3.8, 4) is 17.1 Å². The van der Waals surface area contributed by atoms with Crippen molar-refractivity contribution in [3.05, 3.63) is 59.8 Å². The van der Waals surface area contributed by atoms with Crippen LogP contribution in [0.1, 0.15) is 0 Å². The predicted octanol–water partition coefficient (Wildman–Crippen LogP) is 3.63. The summed E-state index contributed by atoms with van der Waals surface area (Å²) in [5.41, 5.74) is 1.89. The fraction of sp³-hybridized carbons (Fsp3) is 0.0667. The van der Waals surface area contributed by atoms with Crippen molar-refractivity contribution in [3.63, 3.8) is 0 Å². The SMILES string of the molecule is CNc1cc(-c2ccc(Cl)cc2)nn1-c1ccccn1. The number of hydrogen-bond acceptors (Lipinski definition) is 3. The highest BCUT2D eigenvalue weighted by atomic mass is 35.5. The van der Waals surface area contributed by atoms with Gasteiger partial charge in [-0.15, -0.1) is 0 Å². The number of nitrogens with one attached hydrogen (secondary N) is 1. The summed E-state index contributed by atoms with van der Waals surface area (Å²) in [5.74, 6) is 1.66. The average Bonchev–Trinajstić information content (AvgIpc) is 2.93. The summed E-state index contributed by atoms with van der Waals surface area (Å²) in [6.07, 6.45) is 1.75. The molecule has 0 saturated heterocycles. The van der Waals surface area contributed by atoms with Gasteiger partial charge < -0.3 is 5.32 Å². The van der Waals surface area contributed by atoms with Crippen molar-refractivity contribution in [2.75, 3.05) is 12.4 Å². The Labute approximate surface area is 122 Å². The zero-order chi connectivity index (χ0) is 13.9. The van der Waals surface area contributed by atoms with Crippen LogP contribution in [0, 0.1) is 0 Å². The lowest BCUT2D eigenvalue weighted by molar-refractivity contribution is 0.855. The van der Waals surface area contributed by atoms with Crippen LogP contribution in [0.4, 0.5) is 5.82 Å². The lowest BCUT2D eigenvalue weighted by atomic mass is 10.1. The molecule has 0 unspecified atom stereocenters. The fourth-order valence-corrected chi connectivity index (χ4v) is 2.10. The first-order valence-electron chi connectivity index (χ1n) is 6.23. The maximum absolute atomic E-state index is 5.91. The van der Waals surface area contributed by atoms with Crippen LogP contribution in [-0.2, 0) is 0 Å². The second-order valence-electron chi connectivity index (χ2n) is 4.27. The van der Waals surface area contributed by atoms with Gasteiger partial charge in [0.2, 0.25) is 0 Å². The van der Waals surface area contributed by atoms with E-state index in [9.17, 15) is 0 Å². The first-order valence-corrected chi connectivity index (χ1v) is 6.61. The van der Waals surface area contributed by atoms with Gasteiger partial charge in [0.05, 0.1) is 5.69 Å². The van der Waals surface area contributed by atoms with E-state index < -0.39 is 0 Å². The van der Waals surface area contributed by atoms with Crippen LogP contribution in [0.2, 0.25) is 5.02 Å². The van der Waals surface area contributed by atoms with Crippen molar-refractivity contribution >= 4 is 17.4 Å². The van der Waals surface area contributed by atoms with Crippen LogP contribution >= 0.6 is 11.6 Å². The third-order valence-electron chi connectivity index (χ3n) is 2.97. The number of anilines is 1. The van der Waals surface area contributed by atoms with Crippen molar-refractivity contribution in [2.24, 2.45) is 0 Å². The molecule has 5 heteroatoms. The van der Waals surface area contributed by atoms with Crippen LogP contribution in [0.15, 0.2) is 54.7 Å². The molecule has 3 rings (SSSR count). The maximum Gasteiger partial charge on any atom is 0.155 e. The van der Waals surface area contributed by atoms with Crippen LogP contribution < -0.4 is 5.32 Å². The topological polar surface area (TPSA) is 42.7 Å². The molecule has 20 heavy (non-hydrogen) atoms. The molecule has 1 aromatic carbocycles. The van der Waals surface area contributed by atoms with Crippen LogP contribution in [0.3, 0.4) is 0 Å². The second-order valence-corrected chi connectivity index (χ2v) is 4.71. The normalized spacial score (nSPS) is 10.5. The summed E-state index contributed by atoms with van der Waals surface area (Å²) in [4.78, 5) is 4.32. The van der Waals surface area contributed by atoms with Crippen LogP contribution in [0.25, 0.3) is 17.1 Å². The molecular weight excluding hydrogens is 272 g/mol. The van der Waals surface area contributed by atoms with Gasteiger partial charge in [-0.1, -0.05) is 29.8 Å². The van der Waals surface area contributed by atoms with Gasteiger partial charge in [-0.25, -0.2) is 4.98 Å². The summed E-state index contributed by atoms with van der Waals surface area (Å²) < 4.78 is 1.78. The van der Waals surface area contributed by atoms with Crippen LogP contribution in [0.5, 0.6) is 0 Å². The predicted molar refractivity (Wildman–Crippen MR) is 81.4 cm³/mol. The highest BCUT2D eigenvalue weighted by molar-refractivity contribution is 6.30. The summed E-state index contributed by atoms with van der Waals surface area (Å²) in [6, 6.07) is 15.3. The highest BCUT2D eigenvalue weighted by Crippen LogP contribution is 2.24. The molecule has 0 saturated carbocycles. The summed E-state index contributed by atoms with van der Waals surface area (Å²) >= 11 is 5.91. The largest absolute Gasteiger partial charge is 0.373 e. The first kappa shape index (κ1) is 12.7. The van der Waals surface area contributed by atoms with Crippen molar-refractivity contribution in [1.29, 1.82) is 0 Å². The minimum atomic E-state index is 0.715. The second kappa shape index (κ2) is 5.35. The van der Waals surface area contributed by atoms with Gasteiger partial charge in [0.15, 0.2) is 5.82 Å². The Morgan fingerprint density at radius 1 is 1.10 bits per heavy atom. The Morgan fingerprint density at radius 3 is 2.55 bits per heavy atom. The number of aromatic nitrogens is 3. The summed E-state index contributed by atoms with van der Waals surface area (Å²) in [5, 5.41) is 8.44.